The van der Waals surface area contributed by atoms with Crippen molar-refractivity contribution in [2.45, 2.75) is 0 Å². The van der Waals surface area contributed by atoms with Gasteiger partial charge in [-0.2, -0.15) is 0 Å². The van der Waals surface area contributed by atoms with Crippen LogP contribution in [-0.2, 0) is 0 Å². The number of carboxylic acids is 1. The van der Waals surface area contributed by atoms with E-state index in [1.165, 1.54) is 6.07 Å². The van der Waals surface area contributed by atoms with Gasteiger partial charge in [0, 0.05) is 25.5 Å². The van der Waals surface area contributed by atoms with Crippen LogP contribution < -0.4 is 5.32 Å². The van der Waals surface area contributed by atoms with Gasteiger partial charge in [0.25, 0.3) is 5.91 Å². The van der Waals surface area contributed by atoms with Gasteiger partial charge in [-0.15, -0.1) is 11.3 Å². The van der Waals surface area contributed by atoms with Crippen molar-refractivity contribution in [3.05, 3.63) is 73.5 Å². The van der Waals surface area contributed by atoms with Crippen LogP contribution in [-0.4, -0.2) is 17.0 Å². The van der Waals surface area contributed by atoms with Crippen LogP contribution in [0.4, 0.5) is 5.00 Å². The number of carbonyl (C=O) groups excluding carboxylic acids is 1. The Morgan fingerprint density at radius 2 is 1.69 bits per heavy atom. The number of amides is 1. The first-order valence-corrected chi connectivity index (χ1v) is 9.67. The molecule has 0 saturated heterocycles. The van der Waals surface area contributed by atoms with Gasteiger partial charge in [0.2, 0.25) is 0 Å². The maximum absolute atomic E-state index is 12.5. The van der Waals surface area contributed by atoms with E-state index in [2.05, 4.69) is 21.2 Å². The van der Waals surface area contributed by atoms with E-state index in [1.54, 1.807) is 41.8 Å². The molecule has 0 radical (unpaired) electrons. The molecule has 26 heavy (non-hydrogen) atoms. The Morgan fingerprint density at radius 1 is 1.04 bits per heavy atom. The van der Waals surface area contributed by atoms with Crippen molar-refractivity contribution in [2.24, 2.45) is 0 Å². The molecule has 0 aliphatic carbocycles. The van der Waals surface area contributed by atoms with Crippen LogP contribution in [0.3, 0.4) is 0 Å². The van der Waals surface area contributed by atoms with Crippen molar-refractivity contribution in [1.29, 1.82) is 0 Å². The number of carbonyl (C=O) groups is 2. The van der Waals surface area contributed by atoms with Gasteiger partial charge in [0.1, 0.15) is 10.6 Å². The van der Waals surface area contributed by atoms with Crippen LogP contribution in [0.1, 0.15) is 20.7 Å². The molecular weight excluding hydrogens is 461 g/mol. The SMILES string of the molecule is O=C(Nc1scc(-c2ccc(Cl)cc2)c1C(=O)O)c1cc(Cl)ccc1Br. The highest BCUT2D eigenvalue weighted by atomic mass is 79.9. The first-order chi connectivity index (χ1) is 12.4. The summed E-state index contributed by atoms with van der Waals surface area (Å²) in [6.45, 7) is 0. The number of halogens is 3. The summed E-state index contributed by atoms with van der Waals surface area (Å²) in [6.07, 6.45) is 0. The highest BCUT2D eigenvalue weighted by molar-refractivity contribution is 9.10. The lowest BCUT2D eigenvalue weighted by atomic mass is 10.0. The fourth-order valence-electron chi connectivity index (χ4n) is 2.35. The van der Waals surface area contributed by atoms with Gasteiger partial charge in [-0.25, -0.2) is 4.79 Å². The average Bonchev–Trinajstić information content (AvgIpc) is 3.01. The number of anilines is 1. The van der Waals surface area contributed by atoms with Crippen molar-refractivity contribution < 1.29 is 14.7 Å². The average molecular weight is 471 g/mol. The van der Waals surface area contributed by atoms with Crippen LogP contribution in [0.15, 0.2) is 52.3 Å². The molecule has 1 amide bonds. The molecular formula is C18H10BrCl2NO3S. The lowest BCUT2D eigenvalue weighted by Crippen LogP contribution is -2.14. The molecule has 1 heterocycles. The predicted octanol–water partition coefficient (Wildman–Crippen LogP) is 6.43. The lowest BCUT2D eigenvalue weighted by Gasteiger charge is -2.08. The normalized spacial score (nSPS) is 10.6. The molecule has 0 aliphatic rings. The van der Waals surface area contributed by atoms with Crippen LogP contribution in [0.5, 0.6) is 0 Å². The quantitative estimate of drug-likeness (QED) is 0.461. The van der Waals surface area contributed by atoms with E-state index >= 15 is 0 Å². The molecule has 0 bridgehead atoms. The molecule has 2 N–H and O–H groups in total. The molecule has 0 atom stereocenters. The Kier molecular flexibility index (Phi) is 5.67. The Labute approximate surface area is 171 Å². The molecule has 3 aromatic rings. The Bertz CT molecular complexity index is 1000. The van der Waals surface area contributed by atoms with Crippen LogP contribution in [0.25, 0.3) is 11.1 Å². The van der Waals surface area contributed by atoms with E-state index in [4.69, 9.17) is 23.2 Å². The summed E-state index contributed by atoms with van der Waals surface area (Å²) in [6, 6.07) is 11.6. The van der Waals surface area contributed by atoms with Gasteiger partial charge in [-0.1, -0.05) is 35.3 Å². The van der Waals surface area contributed by atoms with Crippen molar-refractivity contribution >= 4 is 67.3 Å². The zero-order valence-electron chi connectivity index (χ0n) is 12.9. The molecule has 8 heteroatoms. The van der Waals surface area contributed by atoms with Crippen molar-refractivity contribution in [3.63, 3.8) is 0 Å². The van der Waals surface area contributed by atoms with Crippen molar-refractivity contribution in [2.75, 3.05) is 5.32 Å². The number of nitrogens with one attached hydrogen (secondary N) is 1. The first kappa shape index (κ1) is 18.9. The number of hydrogen-bond donors (Lipinski definition) is 2. The zero-order chi connectivity index (χ0) is 18.8. The number of aromatic carboxylic acids is 1. The maximum Gasteiger partial charge on any atom is 0.339 e. The van der Waals surface area contributed by atoms with Crippen LogP contribution >= 0.6 is 50.5 Å². The van der Waals surface area contributed by atoms with E-state index in [0.29, 0.717) is 31.2 Å². The molecule has 132 valence electrons. The highest BCUT2D eigenvalue weighted by Gasteiger charge is 2.22. The third-order valence-corrected chi connectivity index (χ3v) is 5.63. The number of rotatable bonds is 4. The summed E-state index contributed by atoms with van der Waals surface area (Å²) in [5.74, 6) is -1.58. The molecule has 3 rings (SSSR count). The van der Waals surface area contributed by atoms with E-state index < -0.39 is 11.9 Å². The first-order valence-electron chi connectivity index (χ1n) is 7.24. The summed E-state index contributed by atoms with van der Waals surface area (Å²) in [5, 5.41) is 15.2. The van der Waals surface area contributed by atoms with Gasteiger partial charge < -0.3 is 10.4 Å². The number of hydrogen-bond acceptors (Lipinski definition) is 3. The van der Waals surface area contributed by atoms with Gasteiger partial charge >= 0.3 is 5.97 Å². The minimum absolute atomic E-state index is 0.0313. The summed E-state index contributed by atoms with van der Waals surface area (Å²) < 4.78 is 0.561. The van der Waals surface area contributed by atoms with Crippen molar-refractivity contribution in [3.8, 4) is 11.1 Å². The van der Waals surface area contributed by atoms with Crippen LogP contribution in [0.2, 0.25) is 10.0 Å². The Morgan fingerprint density at radius 3 is 2.35 bits per heavy atom. The molecule has 0 unspecified atom stereocenters. The summed E-state index contributed by atoms with van der Waals surface area (Å²) >= 11 is 16.3. The smallest absolute Gasteiger partial charge is 0.339 e. The van der Waals surface area contributed by atoms with Gasteiger partial charge in [0.15, 0.2) is 0 Å². The van der Waals surface area contributed by atoms with Gasteiger partial charge in [-0.05, 0) is 51.8 Å². The lowest BCUT2D eigenvalue weighted by molar-refractivity contribution is 0.0699. The molecule has 4 nitrogen and oxygen atoms in total. The minimum Gasteiger partial charge on any atom is -0.478 e. The molecule has 0 fully saturated rings. The second-order valence-electron chi connectivity index (χ2n) is 5.24. The van der Waals surface area contributed by atoms with Gasteiger partial charge in [-0.3, -0.25) is 4.79 Å². The summed E-state index contributed by atoms with van der Waals surface area (Å²) in [4.78, 5) is 24.3. The monoisotopic (exact) mass is 469 g/mol. The highest BCUT2D eigenvalue weighted by Crippen LogP contribution is 2.36. The Hall–Kier alpha value is -1.86. The third kappa shape index (κ3) is 3.94. The Balaban J connectivity index is 1.98. The largest absolute Gasteiger partial charge is 0.478 e. The molecule has 2 aromatic carbocycles. The van der Waals surface area contributed by atoms with E-state index in [0.717, 1.165) is 11.3 Å². The van der Waals surface area contributed by atoms with Crippen molar-refractivity contribution in [1.82, 2.24) is 0 Å². The zero-order valence-corrected chi connectivity index (χ0v) is 16.8. The fourth-order valence-corrected chi connectivity index (χ4v) is 4.03. The second kappa shape index (κ2) is 7.80. The van der Waals surface area contributed by atoms with Gasteiger partial charge in [0.05, 0.1) is 5.56 Å². The van der Waals surface area contributed by atoms with E-state index in [9.17, 15) is 14.7 Å². The van der Waals surface area contributed by atoms with E-state index in [-0.39, 0.29) is 10.6 Å². The fraction of sp³-hybridized carbons (Fsp3) is 0. The topological polar surface area (TPSA) is 66.4 Å². The number of thiophene rings is 1. The standard InChI is InChI=1S/C18H10BrCl2NO3S/c19-14-6-5-11(21)7-12(14)16(23)22-17-15(18(24)25)13(8-26-17)9-1-3-10(20)4-2-9/h1-8H,(H,22,23)(H,24,25). The molecule has 0 spiro atoms. The molecule has 0 aliphatic heterocycles. The van der Waals surface area contributed by atoms with E-state index in [1.807, 2.05) is 0 Å². The summed E-state index contributed by atoms with van der Waals surface area (Å²) in [5.41, 5.74) is 1.56. The molecule has 1 aromatic heterocycles. The van der Waals surface area contributed by atoms with Crippen LogP contribution in [0, 0.1) is 0 Å². The number of benzene rings is 2. The second-order valence-corrected chi connectivity index (χ2v) is 7.85. The number of carboxylic acid groups (broad SMARTS) is 1. The summed E-state index contributed by atoms with van der Waals surface area (Å²) in [7, 11) is 0. The predicted molar refractivity (Wildman–Crippen MR) is 109 cm³/mol. The maximum atomic E-state index is 12.5. The minimum atomic E-state index is -1.13. The molecule has 0 saturated carbocycles. The third-order valence-electron chi connectivity index (χ3n) is 3.56.